The predicted octanol–water partition coefficient (Wildman–Crippen LogP) is 8.01. The average Bonchev–Trinajstić information content (AvgIpc) is 2.98. The molecule has 0 spiro atoms. The summed E-state index contributed by atoms with van der Waals surface area (Å²) >= 11 is 0. The first kappa shape index (κ1) is 29.5. The van der Waals surface area contributed by atoms with Gasteiger partial charge in [0, 0.05) is 37.3 Å². The zero-order valence-electron chi connectivity index (χ0n) is 23.6. The van der Waals surface area contributed by atoms with Crippen LogP contribution in [0.4, 0.5) is 5.69 Å². The lowest BCUT2D eigenvalue weighted by Gasteiger charge is -2.25. The Hall–Kier alpha value is -3.50. The van der Waals surface area contributed by atoms with Crippen molar-refractivity contribution in [1.82, 2.24) is 0 Å². The van der Waals surface area contributed by atoms with E-state index in [2.05, 4.69) is 131 Å². The maximum Gasteiger partial charge on any atom is 0.330 e. The van der Waals surface area contributed by atoms with E-state index in [4.69, 9.17) is 9.05 Å². The molecular weight excluding hydrogens is 515 g/mol. The highest BCUT2D eigenvalue weighted by Gasteiger charge is 2.23. The molecule has 0 aliphatic carbocycles. The molecule has 0 saturated heterocycles. The fourth-order valence-corrected chi connectivity index (χ4v) is 6.22. The van der Waals surface area contributed by atoms with E-state index in [-0.39, 0.29) is 0 Å². The number of nitrogens with zero attached hydrogens (tertiary/aromatic N) is 2. The lowest BCUT2D eigenvalue weighted by Crippen LogP contribution is -2.33. The van der Waals surface area contributed by atoms with Crippen LogP contribution in [0.5, 0.6) is 0 Å². The maximum atomic E-state index is 12.6. The quantitative estimate of drug-likeness (QED) is 0.110. The Morgan fingerprint density at radius 1 is 0.700 bits per heavy atom. The molecule has 0 aliphatic heterocycles. The van der Waals surface area contributed by atoms with Crippen molar-refractivity contribution in [3.05, 3.63) is 132 Å². The molecule has 0 saturated carbocycles. The van der Waals surface area contributed by atoms with Gasteiger partial charge in [0.1, 0.15) is 6.54 Å². The molecule has 40 heavy (non-hydrogen) atoms. The van der Waals surface area contributed by atoms with Gasteiger partial charge in [-0.05, 0) is 48.2 Å². The highest BCUT2D eigenvalue weighted by molar-refractivity contribution is 7.53. The van der Waals surface area contributed by atoms with Crippen LogP contribution < -0.4 is 9.47 Å². The standard InChI is InChI=1S/C34H40N2O3P/c1-3-38-40(37,39-4-2)27-11-24-35-25-22-31(23-26-35)17-16-30-18-20-34(21-19-30)36(28-32-12-7-5-8-13-32)29-33-14-9-6-10-15-33/h5-10,12-23,25-26H,3-4,11,24,27-29H2,1-2H3/q+1. The highest BCUT2D eigenvalue weighted by Crippen LogP contribution is 2.48. The number of pyridine rings is 1. The van der Waals surface area contributed by atoms with Crippen LogP contribution in [0.3, 0.4) is 0 Å². The number of hydrogen-bond acceptors (Lipinski definition) is 4. The molecule has 0 fully saturated rings. The molecule has 4 aromatic rings. The summed E-state index contributed by atoms with van der Waals surface area (Å²) in [7, 11) is -2.98. The molecule has 0 N–H and O–H groups in total. The van der Waals surface area contributed by atoms with Gasteiger partial charge in [-0.2, -0.15) is 0 Å². The lowest BCUT2D eigenvalue weighted by molar-refractivity contribution is -0.696. The molecule has 0 atom stereocenters. The van der Waals surface area contributed by atoms with Crippen molar-refractivity contribution < 1.29 is 18.2 Å². The summed E-state index contributed by atoms with van der Waals surface area (Å²) in [6.07, 6.45) is 9.54. The Labute approximate surface area is 239 Å². The second-order valence-corrected chi connectivity index (χ2v) is 11.8. The van der Waals surface area contributed by atoms with Crippen LogP contribution in [0, 0.1) is 0 Å². The summed E-state index contributed by atoms with van der Waals surface area (Å²) in [5.41, 5.74) is 6.07. The Morgan fingerprint density at radius 3 is 1.70 bits per heavy atom. The van der Waals surface area contributed by atoms with Crippen LogP contribution in [0.15, 0.2) is 109 Å². The molecule has 0 aliphatic rings. The second kappa shape index (κ2) is 15.3. The van der Waals surface area contributed by atoms with Gasteiger partial charge in [-0.1, -0.05) is 84.9 Å². The Bertz CT molecular complexity index is 1310. The minimum absolute atomic E-state index is 0.397. The van der Waals surface area contributed by atoms with E-state index in [9.17, 15) is 4.57 Å². The Balaban J connectivity index is 1.36. The number of aromatic nitrogens is 1. The number of aryl methyl sites for hydroxylation is 1. The van der Waals surface area contributed by atoms with Gasteiger partial charge in [-0.3, -0.25) is 4.57 Å². The van der Waals surface area contributed by atoms with Gasteiger partial charge in [0.05, 0.1) is 19.4 Å². The molecule has 6 heteroatoms. The summed E-state index contributed by atoms with van der Waals surface area (Å²) in [6.45, 7) is 6.94. The Kier molecular flexibility index (Phi) is 11.3. The van der Waals surface area contributed by atoms with E-state index in [1.54, 1.807) is 0 Å². The van der Waals surface area contributed by atoms with Gasteiger partial charge in [-0.15, -0.1) is 0 Å². The van der Waals surface area contributed by atoms with Gasteiger partial charge in [-0.25, -0.2) is 4.57 Å². The number of benzene rings is 3. The smallest absolute Gasteiger partial charge is 0.330 e. The minimum atomic E-state index is -2.98. The molecule has 1 aromatic heterocycles. The van der Waals surface area contributed by atoms with Crippen molar-refractivity contribution >= 4 is 25.4 Å². The van der Waals surface area contributed by atoms with Gasteiger partial charge in [0.25, 0.3) is 0 Å². The van der Waals surface area contributed by atoms with E-state index in [0.29, 0.717) is 19.4 Å². The fourth-order valence-electron chi connectivity index (χ4n) is 4.57. The van der Waals surface area contributed by atoms with Crippen molar-refractivity contribution in [3.63, 3.8) is 0 Å². The molecule has 0 bridgehead atoms. The fraction of sp³-hybridized carbons (Fsp3) is 0.265. The van der Waals surface area contributed by atoms with E-state index < -0.39 is 7.60 Å². The van der Waals surface area contributed by atoms with Crippen LogP contribution >= 0.6 is 7.60 Å². The molecule has 0 radical (unpaired) electrons. The predicted molar refractivity (Wildman–Crippen MR) is 165 cm³/mol. The largest absolute Gasteiger partial charge is 0.363 e. The van der Waals surface area contributed by atoms with Gasteiger partial charge in [0.2, 0.25) is 0 Å². The first-order chi connectivity index (χ1) is 19.6. The molecule has 5 nitrogen and oxygen atoms in total. The number of hydrogen-bond donors (Lipinski definition) is 0. The first-order valence-electron chi connectivity index (χ1n) is 14.0. The summed E-state index contributed by atoms with van der Waals surface area (Å²) in [6, 6.07) is 34.2. The van der Waals surface area contributed by atoms with Crippen LogP contribution in [-0.4, -0.2) is 19.4 Å². The normalized spacial score (nSPS) is 11.7. The third-order valence-electron chi connectivity index (χ3n) is 6.58. The molecule has 3 aromatic carbocycles. The van der Waals surface area contributed by atoms with Crippen LogP contribution in [-0.2, 0) is 33.2 Å². The minimum Gasteiger partial charge on any atom is -0.363 e. The molecule has 1 heterocycles. The third-order valence-corrected chi connectivity index (χ3v) is 8.74. The monoisotopic (exact) mass is 555 g/mol. The summed E-state index contributed by atoms with van der Waals surface area (Å²) in [5, 5.41) is 0. The third kappa shape index (κ3) is 9.31. The van der Waals surface area contributed by atoms with Gasteiger partial charge < -0.3 is 13.9 Å². The van der Waals surface area contributed by atoms with Crippen molar-refractivity contribution in [2.45, 2.75) is 39.9 Å². The van der Waals surface area contributed by atoms with E-state index in [1.165, 1.54) is 16.8 Å². The average molecular weight is 556 g/mol. The van der Waals surface area contributed by atoms with Gasteiger partial charge in [0.15, 0.2) is 12.4 Å². The van der Waals surface area contributed by atoms with Crippen LogP contribution in [0.1, 0.15) is 42.5 Å². The van der Waals surface area contributed by atoms with Crippen molar-refractivity contribution in [1.29, 1.82) is 0 Å². The zero-order chi connectivity index (χ0) is 28.0. The second-order valence-electron chi connectivity index (χ2n) is 9.65. The van der Waals surface area contributed by atoms with E-state index in [0.717, 1.165) is 37.2 Å². The summed E-state index contributed by atoms with van der Waals surface area (Å²) < 4.78 is 25.5. The number of rotatable bonds is 15. The van der Waals surface area contributed by atoms with Crippen LogP contribution in [0.25, 0.3) is 12.2 Å². The molecular formula is C34H40N2O3P+. The highest BCUT2D eigenvalue weighted by atomic mass is 31.2. The number of anilines is 1. The SMILES string of the molecule is CCOP(=O)(CCC[n+]1ccc(C=Cc2ccc(N(Cc3ccccc3)Cc3ccccc3)cc2)cc1)OCC. The van der Waals surface area contributed by atoms with Gasteiger partial charge >= 0.3 is 7.60 Å². The van der Waals surface area contributed by atoms with Crippen molar-refractivity contribution in [2.75, 3.05) is 24.3 Å². The maximum absolute atomic E-state index is 12.6. The topological polar surface area (TPSA) is 42.7 Å². The van der Waals surface area contributed by atoms with E-state index >= 15 is 0 Å². The summed E-state index contributed by atoms with van der Waals surface area (Å²) in [4.78, 5) is 2.41. The van der Waals surface area contributed by atoms with Crippen LogP contribution in [0.2, 0.25) is 0 Å². The first-order valence-corrected chi connectivity index (χ1v) is 15.8. The molecule has 0 amide bonds. The molecule has 0 unspecified atom stereocenters. The lowest BCUT2D eigenvalue weighted by atomic mass is 10.1. The Morgan fingerprint density at radius 2 is 1.20 bits per heavy atom. The molecule has 4 rings (SSSR count). The van der Waals surface area contributed by atoms with Crippen molar-refractivity contribution in [3.8, 4) is 0 Å². The zero-order valence-corrected chi connectivity index (χ0v) is 24.5. The van der Waals surface area contributed by atoms with Crippen molar-refractivity contribution in [2.24, 2.45) is 0 Å². The molecule has 208 valence electrons. The van der Waals surface area contributed by atoms with E-state index in [1.807, 2.05) is 13.8 Å². The summed E-state index contributed by atoms with van der Waals surface area (Å²) in [5.74, 6) is 0.